The van der Waals surface area contributed by atoms with E-state index in [2.05, 4.69) is 13.2 Å². The van der Waals surface area contributed by atoms with Gasteiger partial charge < -0.3 is 5.73 Å². The van der Waals surface area contributed by atoms with E-state index in [0.717, 1.165) is 6.08 Å². The zero-order chi connectivity index (χ0) is 9.56. The molecule has 0 amide bonds. The molecule has 64 valence electrons. The quantitative estimate of drug-likeness (QED) is 0.389. The Bertz CT molecular complexity index is 264. The van der Waals surface area contributed by atoms with Gasteiger partial charge in [0.2, 0.25) is 0 Å². The number of allylic oxidation sites excluding steroid dienone is 4. The fraction of sp³-hybridized carbons (Fsp3) is 0. The third kappa shape index (κ3) is 3.36. The Morgan fingerprint density at radius 1 is 1.33 bits per heavy atom. The Hall–Kier alpha value is -1.84. The second-order valence-corrected chi connectivity index (χ2v) is 1.92. The lowest BCUT2D eigenvalue weighted by atomic mass is 10.3. The molecule has 0 aliphatic carbocycles. The molecule has 0 aliphatic rings. The molecule has 2 N–H and O–H groups in total. The molecular weight excluding hydrogens is 156 g/mol. The van der Waals surface area contributed by atoms with Gasteiger partial charge in [0.1, 0.15) is 0 Å². The molecule has 0 aromatic carbocycles. The predicted octanol–water partition coefficient (Wildman–Crippen LogP) is 1.36. The van der Waals surface area contributed by atoms with E-state index < -0.39 is 4.92 Å². The van der Waals surface area contributed by atoms with Gasteiger partial charge in [-0.25, -0.2) is 0 Å². The van der Waals surface area contributed by atoms with Gasteiger partial charge in [0, 0.05) is 17.8 Å². The molecule has 0 atom stereocenters. The first-order valence-electron chi connectivity index (χ1n) is 3.18. The summed E-state index contributed by atoms with van der Waals surface area (Å²) in [6.07, 6.45) is 5.21. The molecular formula is C8H10N2O2. The molecule has 4 heteroatoms. The van der Waals surface area contributed by atoms with Gasteiger partial charge in [0.25, 0.3) is 5.70 Å². The summed E-state index contributed by atoms with van der Waals surface area (Å²) in [5.74, 6) is 0. The van der Waals surface area contributed by atoms with Crippen molar-refractivity contribution < 1.29 is 4.92 Å². The first-order valence-corrected chi connectivity index (χ1v) is 3.18. The minimum Gasteiger partial charge on any atom is -0.399 e. The average Bonchev–Trinajstić information content (AvgIpc) is 2.04. The molecule has 0 saturated carbocycles. The van der Waals surface area contributed by atoms with Crippen LogP contribution in [0.1, 0.15) is 0 Å². The largest absolute Gasteiger partial charge is 0.399 e. The highest BCUT2D eigenvalue weighted by atomic mass is 16.6. The van der Waals surface area contributed by atoms with Gasteiger partial charge >= 0.3 is 0 Å². The highest BCUT2D eigenvalue weighted by Gasteiger charge is 2.00. The van der Waals surface area contributed by atoms with Gasteiger partial charge in [-0.15, -0.1) is 0 Å². The van der Waals surface area contributed by atoms with Crippen LogP contribution >= 0.6 is 0 Å². The van der Waals surface area contributed by atoms with Crippen molar-refractivity contribution in [1.82, 2.24) is 0 Å². The summed E-state index contributed by atoms with van der Waals surface area (Å²) in [7, 11) is 0. The number of nitro groups is 1. The average molecular weight is 166 g/mol. The number of nitrogens with zero attached hydrogens (tertiary/aromatic N) is 1. The Balaban J connectivity index is 4.62. The number of hydrogen-bond donors (Lipinski definition) is 1. The van der Waals surface area contributed by atoms with Crippen molar-refractivity contribution in [3.63, 3.8) is 0 Å². The fourth-order valence-corrected chi connectivity index (χ4v) is 0.453. The molecule has 0 heterocycles. The van der Waals surface area contributed by atoms with Crippen molar-refractivity contribution in [2.24, 2.45) is 5.73 Å². The van der Waals surface area contributed by atoms with E-state index in [4.69, 9.17) is 5.73 Å². The van der Waals surface area contributed by atoms with E-state index in [-0.39, 0.29) is 5.70 Å². The van der Waals surface area contributed by atoms with E-state index in [9.17, 15) is 10.1 Å². The van der Waals surface area contributed by atoms with Crippen LogP contribution in [0.2, 0.25) is 0 Å². The van der Waals surface area contributed by atoms with E-state index in [1.54, 1.807) is 0 Å². The normalized spacial score (nSPS) is 12.3. The molecule has 0 saturated heterocycles. The van der Waals surface area contributed by atoms with Gasteiger partial charge in [-0.1, -0.05) is 13.2 Å². The van der Waals surface area contributed by atoms with Crippen LogP contribution in [-0.4, -0.2) is 4.92 Å². The van der Waals surface area contributed by atoms with Crippen LogP contribution in [0.3, 0.4) is 0 Å². The smallest absolute Gasteiger partial charge is 0.268 e. The third-order valence-electron chi connectivity index (χ3n) is 1.10. The van der Waals surface area contributed by atoms with Crippen molar-refractivity contribution in [1.29, 1.82) is 0 Å². The first kappa shape index (κ1) is 10.2. The summed E-state index contributed by atoms with van der Waals surface area (Å²) in [5, 5.41) is 10.2. The van der Waals surface area contributed by atoms with Crippen molar-refractivity contribution in [2.45, 2.75) is 0 Å². The van der Waals surface area contributed by atoms with E-state index in [1.807, 2.05) is 0 Å². The maximum absolute atomic E-state index is 10.2. The zero-order valence-corrected chi connectivity index (χ0v) is 6.56. The van der Waals surface area contributed by atoms with Crippen LogP contribution in [0.25, 0.3) is 0 Å². The molecule has 0 radical (unpaired) electrons. The maximum Gasteiger partial charge on any atom is 0.268 e. The number of rotatable bonds is 4. The minimum absolute atomic E-state index is 0.0974. The van der Waals surface area contributed by atoms with E-state index in [1.165, 1.54) is 18.2 Å². The Labute approximate surface area is 70.5 Å². The van der Waals surface area contributed by atoms with Gasteiger partial charge in [-0.05, 0) is 12.2 Å². The molecule has 0 aliphatic heterocycles. The van der Waals surface area contributed by atoms with Crippen LogP contribution in [-0.2, 0) is 0 Å². The monoisotopic (exact) mass is 166 g/mol. The lowest BCUT2D eigenvalue weighted by molar-refractivity contribution is -0.418. The second-order valence-electron chi connectivity index (χ2n) is 1.92. The lowest BCUT2D eigenvalue weighted by Crippen LogP contribution is -1.95. The summed E-state index contributed by atoms with van der Waals surface area (Å²) in [4.78, 5) is 9.66. The van der Waals surface area contributed by atoms with Crippen molar-refractivity contribution >= 4 is 0 Å². The molecule has 0 spiro atoms. The van der Waals surface area contributed by atoms with Crippen LogP contribution < -0.4 is 5.73 Å². The van der Waals surface area contributed by atoms with Gasteiger partial charge in [-0.3, -0.25) is 10.1 Å². The second kappa shape index (κ2) is 4.90. The standard InChI is InChI=1S/C8H10N2O2/c1-3-7(9)5-6-8(4-2)10(11)12/h3-6H,1-2,9H2/b7-5+,8-6+. The summed E-state index contributed by atoms with van der Waals surface area (Å²) >= 11 is 0. The SMILES string of the molecule is C=C/C(N)=C\C=C(/C=C)[N+](=O)[O-]. The zero-order valence-electron chi connectivity index (χ0n) is 6.56. The Morgan fingerprint density at radius 3 is 2.25 bits per heavy atom. The van der Waals surface area contributed by atoms with Crippen LogP contribution in [0.4, 0.5) is 0 Å². The molecule has 0 bridgehead atoms. The number of nitrogens with two attached hydrogens (primary N) is 1. The predicted molar refractivity (Wildman–Crippen MR) is 47.7 cm³/mol. The van der Waals surface area contributed by atoms with Crippen molar-refractivity contribution in [2.75, 3.05) is 0 Å². The van der Waals surface area contributed by atoms with Gasteiger partial charge in [0.05, 0.1) is 4.92 Å². The van der Waals surface area contributed by atoms with Crippen LogP contribution in [0.5, 0.6) is 0 Å². The number of hydrogen-bond acceptors (Lipinski definition) is 3. The Morgan fingerprint density at radius 2 is 1.92 bits per heavy atom. The van der Waals surface area contributed by atoms with E-state index >= 15 is 0 Å². The molecule has 0 unspecified atom stereocenters. The third-order valence-corrected chi connectivity index (χ3v) is 1.10. The van der Waals surface area contributed by atoms with Crippen molar-refractivity contribution in [3.8, 4) is 0 Å². The molecule has 0 fully saturated rings. The minimum atomic E-state index is -0.542. The maximum atomic E-state index is 10.2. The highest BCUT2D eigenvalue weighted by Crippen LogP contribution is 1.97. The first-order chi connectivity index (χ1) is 5.61. The topological polar surface area (TPSA) is 69.2 Å². The van der Waals surface area contributed by atoms with Gasteiger partial charge in [0.15, 0.2) is 0 Å². The summed E-state index contributed by atoms with van der Waals surface area (Å²) in [5.41, 5.74) is 5.59. The Kier molecular flexibility index (Phi) is 4.15. The summed E-state index contributed by atoms with van der Waals surface area (Å²) < 4.78 is 0. The van der Waals surface area contributed by atoms with Crippen molar-refractivity contribution in [3.05, 3.63) is 59.0 Å². The molecule has 4 nitrogen and oxygen atoms in total. The van der Waals surface area contributed by atoms with Gasteiger partial charge in [-0.2, -0.15) is 0 Å². The molecule has 12 heavy (non-hydrogen) atoms. The summed E-state index contributed by atoms with van der Waals surface area (Å²) in [6, 6.07) is 0. The molecule has 0 aromatic heterocycles. The lowest BCUT2D eigenvalue weighted by Gasteiger charge is -1.88. The molecule has 0 aromatic rings. The van der Waals surface area contributed by atoms with Crippen LogP contribution in [0.15, 0.2) is 48.9 Å². The highest BCUT2D eigenvalue weighted by molar-refractivity contribution is 5.23. The molecule has 0 rings (SSSR count). The summed E-state index contributed by atoms with van der Waals surface area (Å²) in [6.45, 7) is 6.67. The van der Waals surface area contributed by atoms with Crippen LogP contribution in [0, 0.1) is 10.1 Å². The fourth-order valence-electron chi connectivity index (χ4n) is 0.453. The van der Waals surface area contributed by atoms with E-state index in [0.29, 0.717) is 5.70 Å².